The molecule has 7 heteroatoms. The number of hydrogen-bond donors (Lipinski definition) is 1. The summed E-state index contributed by atoms with van der Waals surface area (Å²) in [6.07, 6.45) is 2.14. The third-order valence-electron chi connectivity index (χ3n) is 4.33. The molecule has 1 N–H and O–H groups in total. The maximum absolute atomic E-state index is 12.4. The molecule has 1 aliphatic carbocycles. The highest BCUT2D eigenvalue weighted by Crippen LogP contribution is 2.31. The number of carbonyl (C=O) groups is 1. The first kappa shape index (κ1) is 18.1. The molecule has 0 spiro atoms. The van der Waals surface area contributed by atoms with Crippen LogP contribution in [0.25, 0.3) is 17.1 Å². The molecule has 0 aliphatic heterocycles. The van der Waals surface area contributed by atoms with E-state index in [0.717, 1.165) is 29.9 Å². The first-order valence-electron chi connectivity index (χ1n) is 8.85. The Hall–Kier alpha value is -2.31. The van der Waals surface area contributed by atoms with Crippen molar-refractivity contribution in [1.29, 1.82) is 0 Å². The molecule has 1 heterocycles. The summed E-state index contributed by atoms with van der Waals surface area (Å²) < 4.78 is 1.97. The van der Waals surface area contributed by atoms with Gasteiger partial charge in [0, 0.05) is 22.3 Å². The molecule has 4 rings (SSSR count). The summed E-state index contributed by atoms with van der Waals surface area (Å²) in [6.45, 7) is 1.89. The molecule has 1 atom stereocenters. The van der Waals surface area contributed by atoms with Crippen LogP contribution >= 0.6 is 23.4 Å². The van der Waals surface area contributed by atoms with Crippen molar-refractivity contribution in [1.82, 2.24) is 20.1 Å². The average molecular weight is 399 g/mol. The lowest BCUT2D eigenvalue weighted by Crippen LogP contribution is -2.32. The van der Waals surface area contributed by atoms with Gasteiger partial charge >= 0.3 is 0 Å². The molecular formula is C20H19ClN4OS. The fraction of sp³-hybridized carbons (Fsp3) is 0.250. The molecule has 1 amide bonds. The Morgan fingerprint density at radius 1 is 1.15 bits per heavy atom. The topological polar surface area (TPSA) is 59.8 Å². The molecule has 1 unspecified atom stereocenters. The van der Waals surface area contributed by atoms with Crippen LogP contribution in [0.4, 0.5) is 0 Å². The molecule has 1 aromatic heterocycles. The Morgan fingerprint density at radius 3 is 2.52 bits per heavy atom. The summed E-state index contributed by atoms with van der Waals surface area (Å²) in [5.41, 5.74) is 1.86. The number of amides is 1. The van der Waals surface area contributed by atoms with Gasteiger partial charge in [-0.2, -0.15) is 0 Å². The molecule has 27 heavy (non-hydrogen) atoms. The van der Waals surface area contributed by atoms with E-state index in [1.807, 2.05) is 66.1 Å². The molecule has 1 aliphatic rings. The van der Waals surface area contributed by atoms with Gasteiger partial charge in [-0.15, -0.1) is 10.2 Å². The van der Waals surface area contributed by atoms with Crippen molar-refractivity contribution in [3.63, 3.8) is 0 Å². The van der Waals surface area contributed by atoms with Gasteiger partial charge < -0.3 is 5.32 Å². The quantitative estimate of drug-likeness (QED) is 0.627. The summed E-state index contributed by atoms with van der Waals surface area (Å²) in [7, 11) is 0. The van der Waals surface area contributed by atoms with Crippen LogP contribution < -0.4 is 5.32 Å². The fourth-order valence-corrected chi connectivity index (χ4v) is 3.70. The van der Waals surface area contributed by atoms with Crippen LogP contribution in [0.1, 0.15) is 19.8 Å². The number of nitrogens with zero attached hydrogens (tertiary/aromatic N) is 3. The van der Waals surface area contributed by atoms with Crippen molar-refractivity contribution >= 4 is 29.3 Å². The number of thioether (sulfide) groups is 1. The van der Waals surface area contributed by atoms with Gasteiger partial charge in [0.15, 0.2) is 11.0 Å². The fourth-order valence-electron chi connectivity index (χ4n) is 2.70. The molecular weight excluding hydrogens is 380 g/mol. The van der Waals surface area contributed by atoms with Crippen LogP contribution in [-0.2, 0) is 4.79 Å². The zero-order valence-electron chi connectivity index (χ0n) is 14.8. The van der Waals surface area contributed by atoms with E-state index in [4.69, 9.17) is 11.6 Å². The van der Waals surface area contributed by atoms with Crippen molar-refractivity contribution in [2.24, 2.45) is 0 Å². The lowest BCUT2D eigenvalue weighted by atomic mass is 10.2. The highest BCUT2D eigenvalue weighted by molar-refractivity contribution is 8.00. The molecule has 138 valence electrons. The van der Waals surface area contributed by atoms with Crippen molar-refractivity contribution < 1.29 is 4.79 Å². The number of benzene rings is 2. The van der Waals surface area contributed by atoms with E-state index in [1.54, 1.807) is 0 Å². The Labute approximate surface area is 167 Å². The predicted octanol–water partition coefficient (Wildman–Crippen LogP) is 4.35. The summed E-state index contributed by atoms with van der Waals surface area (Å²) in [6, 6.07) is 17.8. The first-order chi connectivity index (χ1) is 13.1. The van der Waals surface area contributed by atoms with Crippen LogP contribution in [0.5, 0.6) is 0 Å². The minimum Gasteiger partial charge on any atom is -0.352 e. The summed E-state index contributed by atoms with van der Waals surface area (Å²) in [4.78, 5) is 12.4. The minimum atomic E-state index is -0.260. The molecule has 0 bridgehead atoms. The number of carbonyl (C=O) groups excluding carboxylic acids is 1. The maximum atomic E-state index is 12.4. The van der Waals surface area contributed by atoms with Gasteiger partial charge in [0.05, 0.1) is 5.25 Å². The predicted molar refractivity (Wildman–Crippen MR) is 108 cm³/mol. The van der Waals surface area contributed by atoms with Gasteiger partial charge in [-0.1, -0.05) is 53.7 Å². The van der Waals surface area contributed by atoms with E-state index < -0.39 is 0 Å². The standard InChI is InChI=1S/C20H19ClN4OS/c1-13(19(26)22-16-9-10-16)27-20-24-23-18(14-5-3-2-4-6-14)25(20)17-11-7-15(21)8-12-17/h2-8,11-13,16H,9-10H2,1H3,(H,22,26). The number of aromatic nitrogens is 3. The Bertz CT molecular complexity index is 938. The number of hydrogen-bond acceptors (Lipinski definition) is 4. The normalized spacial score (nSPS) is 14.7. The van der Waals surface area contributed by atoms with Gasteiger partial charge in [0.25, 0.3) is 0 Å². The molecule has 2 aromatic carbocycles. The van der Waals surface area contributed by atoms with E-state index >= 15 is 0 Å². The van der Waals surface area contributed by atoms with Gasteiger partial charge in [-0.3, -0.25) is 9.36 Å². The van der Waals surface area contributed by atoms with Crippen molar-refractivity contribution in [3.8, 4) is 17.1 Å². The third-order valence-corrected chi connectivity index (χ3v) is 5.62. The third kappa shape index (κ3) is 4.17. The molecule has 0 radical (unpaired) electrons. The Kier molecular flexibility index (Phi) is 5.18. The first-order valence-corrected chi connectivity index (χ1v) is 10.1. The number of nitrogens with one attached hydrogen (secondary N) is 1. The van der Waals surface area contributed by atoms with E-state index in [1.165, 1.54) is 11.8 Å². The molecule has 1 saturated carbocycles. The van der Waals surface area contributed by atoms with Gasteiger partial charge in [0.1, 0.15) is 0 Å². The lowest BCUT2D eigenvalue weighted by molar-refractivity contribution is -0.120. The van der Waals surface area contributed by atoms with Gasteiger partial charge in [0.2, 0.25) is 5.91 Å². The second-order valence-electron chi connectivity index (χ2n) is 6.53. The zero-order valence-corrected chi connectivity index (χ0v) is 16.4. The summed E-state index contributed by atoms with van der Waals surface area (Å²) in [5, 5.41) is 12.9. The Morgan fingerprint density at radius 2 is 1.85 bits per heavy atom. The summed E-state index contributed by atoms with van der Waals surface area (Å²) >= 11 is 7.46. The van der Waals surface area contributed by atoms with Crippen LogP contribution in [0, 0.1) is 0 Å². The SMILES string of the molecule is CC(Sc1nnc(-c2ccccc2)n1-c1ccc(Cl)cc1)C(=O)NC1CC1. The molecule has 3 aromatic rings. The smallest absolute Gasteiger partial charge is 0.233 e. The van der Waals surface area contributed by atoms with Gasteiger partial charge in [-0.05, 0) is 44.0 Å². The number of halogens is 1. The second-order valence-corrected chi connectivity index (χ2v) is 8.27. The summed E-state index contributed by atoms with van der Waals surface area (Å²) in [5.74, 6) is 0.768. The minimum absolute atomic E-state index is 0.0365. The molecule has 0 saturated heterocycles. The van der Waals surface area contributed by atoms with E-state index in [0.29, 0.717) is 16.2 Å². The van der Waals surface area contributed by atoms with Crippen LogP contribution in [0.2, 0.25) is 5.02 Å². The Balaban J connectivity index is 1.69. The molecule has 1 fully saturated rings. The maximum Gasteiger partial charge on any atom is 0.233 e. The van der Waals surface area contributed by atoms with E-state index in [2.05, 4.69) is 15.5 Å². The van der Waals surface area contributed by atoms with E-state index in [-0.39, 0.29) is 11.2 Å². The van der Waals surface area contributed by atoms with E-state index in [9.17, 15) is 4.79 Å². The number of rotatable bonds is 6. The van der Waals surface area contributed by atoms with Crippen molar-refractivity contribution in [2.45, 2.75) is 36.2 Å². The van der Waals surface area contributed by atoms with Crippen molar-refractivity contribution in [2.75, 3.05) is 0 Å². The largest absolute Gasteiger partial charge is 0.352 e. The van der Waals surface area contributed by atoms with Crippen molar-refractivity contribution in [3.05, 3.63) is 59.6 Å². The van der Waals surface area contributed by atoms with Crippen LogP contribution in [-0.4, -0.2) is 32.0 Å². The highest BCUT2D eigenvalue weighted by atomic mass is 35.5. The van der Waals surface area contributed by atoms with Crippen LogP contribution in [0.15, 0.2) is 59.8 Å². The van der Waals surface area contributed by atoms with Gasteiger partial charge in [-0.25, -0.2) is 0 Å². The monoisotopic (exact) mass is 398 g/mol. The average Bonchev–Trinajstić information content (AvgIpc) is 3.40. The zero-order chi connectivity index (χ0) is 18.8. The second kappa shape index (κ2) is 7.74. The highest BCUT2D eigenvalue weighted by Gasteiger charge is 2.27. The lowest BCUT2D eigenvalue weighted by Gasteiger charge is -2.14. The van der Waals surface area contributed by atoms with Crippen LogP contribution in [0.3, 0.4) is 0 Å². The molecule has 5 nitrogen and oxygen atoms in total.